The minimum Gasteiger partial charge on any atom is -0.460 e. The van der Waals surface area contributed by atoms with Gasteiger partial charge in [0.1, 0.15) is 30.5 Å². The number of aliphatic hydroxyl groups is 5. The summed E-state index contributed by atoms with van der Waals surface area (Å²) >= 11 is 0. The van der Waals surface area contributed by atoms with E-state index in [1.54, 1.807) is 61.5 Å². The molecule has 45 heavy (non-hydrogen) atoms. The van der Waals surface area contributed by atoms with Gasteiger partial charge in [-0.3, -0.25) is 0 Å². The minimum atomic E-state index is -2.21. The largest absolute Gasteiger partial charge is 0.460 e. The molecular weight excluding hydrogens is 588 g/mol. The van der Waals surface area contributed by atoms with E-state index in [0.29, 0.717) is 5.56 Å². The van der Waals surface area contributed by atoms with Crippen LogP contribution in [0.3, 0.4) is 0 Å². The van der Waals surface area contributed by atoms with Gasteiger partial charge in [0.2, 0.25) is 0 Å². The number of benzene rings is 2. The lowest BCUT2D eigenvalue weighted by molar-refractivity contribution is -0.381. The van der Waals surface area contributed by atoms with Gasteiger partial charge in [-0.15, -0.1) is 0 Å². The standard InChI is InChI=1S/C33H36O12/c1-20-18-24(43-25(35)14-12-21-8-4-2-5-9-21)32(40)16-17-41-31(44-26(36)15-13-22-10-6-3-7-11-22)33(20,32)45-30-29(39)28(38)27(37)23(19-34)42-30/h2-17,20,23-24,27-31,34,37-40H,18-19H2,1H3/t20-,23-,24-,27-,28+,29-,30+,31+,32-,33-/m1/s1. The van der Waals surface area contributed by atoms with Crippen LogP contribution in [0.4, 0.5) is 0 Å². The number of carbonyl (C=O) groups is 2. The van der Waals surface area contributed by atoms with E-state index in [1.807, 2.05) is 12.1 Å². The number of esters is 2. The van der Waals surface area contributed by atoms with Crippen LogP contribution in [0.25, 0.3) is 12.2 Å². The summed E-state index contributed by atoms with van der Waals surface area (Å²) in [6, 6.07) is 18.0. The topological polar surface area (TPSA) is 181 Å². The lowest BCUT2D eigenvalue weighted by Gasteiger charge is -2.51. The van der Waals surface area contributed by atoms with E-state index >= 15 is 0 Å². The first-order valence-corrected chi connectivity index (χ1v) is 14.5. The van der Waals surface area contributed by atoms with Crippen molar-refractivity contribution >= 4 is 24.1 Å². The smallest absolute Gasteiger partial charge is 0.333 e. The van der Waals surface area contributed by atoms with Gasteiger partial charge in [0.25, 0.3) is 6.29 Å². The second kappa shape index (κ2) is 13.6. The van der Waals surface area contributed by atoms with Crippen LogP contribution in [0.5, 0.6) is 0 Å². The van der Waals surface area contributed by atoms with Gasteiger partial charge in [-0.25, -0.2) is 9.59 Å². The zero-order valence-corrected chi connectivity index (χ0v) is 24.4. The molecule has 0 unspecified atom stereocenters. The Balaban J connectivity index is 1.46. The van der Waals surface area contributed by atoms with Crippen molar-refractivity contribution in [3.8, 4) is 0 Å². The molecule has 0 aromatic heterocycles. The summed E-state index contributed by atoms with van der Waals surface area (Å²) in [6.45, 7) is 0.899. The highest BCUT2D eigenvalue weighted by atomic mass is 16.8. The van der Waals surface area contributed by atoms with Gasteiger partial charge in [-0.1, -0.05) is 67.6 Å². The second-order valence-corrected chi connectivity index (χ2v) is 11.2. The van der Waals surface area contributed by atoms with Crippen molar-refractivity contribution in [2.75, 3.05) is 6.61 Å². The Kier molecular flexibility index (Phi) is 9.85. The van der Waals surface area contributed by atoms with Crippen LogP contribution < -0.4 is 0 Å². The molecule has 5 N–H and O–H groups in total. The molecule has 2 heterocycles. The summed E-state index contributed by atoms with van der Waals surface area (Å²) in [5, 5.41) is 53.5. The number of carbonyl (C=O) groups excluding carboxylic acids is 2. The van der Waals surface area contributed by atoms with E-state index in [4.69, 9.17) is 23.7 Å². The molecule has 2 fully saturated rings. The van der Waals surface area contributed by atoms with E-state index in [1.165, 1.54) is 18.2 Å². The van der Waals surface area contributed by atoms with Gasteiger partial charge < -0.3 is 49.2 Å². The first-order valence-electron chi connectivity index (χ1n) is 14.5. The average Bonchev–Trinajstić information content (AvgIpc) is 3.26. The van der Waals surface area contributed by atoms with Crippen LogP contribution in [-0.4, -0.2) is 98.4 Å². The lowest BCUT2D eigenvalue weighted by atomic mass is 9.78. The summed E-state index contributed by atoms with van der Waals surface area (Å²) in [5.41, 5.74) is -2.84. The highest BCUT2D eigenvalue weighted by Gasteiger charge is 2.73. The maximum atomic E-state index is 13.0. The van der Waals surface area contributed by atoms with E-state index in [-0.39, 0.29) is 6.42 Å². The lowest BCUT2D eigenvalue weighted by Crippen LogP contribution is -2.71. The highest BCUT2D eigenvalue weighted by Crippen LogP contribution is 2.54. The normalized spacial score (nSPS) is 36.0. The molecule has 1 saturated heterocycles. The zero-order chi connectivity index (χ0) is 32.2. The number of aliphatic hydroxyl groups excluding tert-OH is 4. The van der Waals surface area contributed by atoms with E-state index < -0.39 is 78.8 Å². The number of rotatable bonds is 9. The van der Waals surface area contributed by atoms with E-state index in [9.17, 15) is 35.1 Å². The Labute approximate surface area is 259 Å². The van der Waals surface area contributed by atoms with Gasteiger partial charge in [0.05, 0.1) is 12.9 Å². The van der Waals surface area contributed by atoms with E-state index in [0.717, 1.165) is 17.9 Å². The van der Waals surface area contributed by atoms with Crippen molar-refractivity contribution in [1.29, 1.82) is 0 Å². The summed E-state index contributed by atoms with van der Waals surface area (Å²) in [7, 11) is 0. The van der Waals surface area contributed by atoms with Gasteiger partial charge in [0.15, 0.2) is 17.5 Å². The molecule has 0 spiro atoms. The molecule has 10 atom stereocenters. The molecule has 0 amide bonds. The third-order valence-corrected chi connectivity index (χ3v) is 8.36. The third-order valence-electron chi connectivity index (χ3n) is 8.36. The Morgan fingerprint density at radius 2 is 1.47 bits per heavy atom. The Hall–Kier alpha value is -3.88. The van der Waals surface area contributed by atoms with Gasteiger partial charge in [-0.2, -0.15) is 0 Å². The fourth-order valence-electron chi connectivity index (χ4n) is 5.95. The number of hydrogen-bond acceptors (Lipinski definition) is 12. The molecule has 12 nitrogen and oxygen atoms in total. The molecular formula is C33H36O12. The van der Waals surface area contributed by atoms with Crippen molar-refractivity contribution in [2.45, 2.75) is 67.6 Å². The van der Waals surface area contributed by atoms with Crippen molar-refractivity contribution in [3.63, 3.8) is 0 Å². The Bertz CT molecular complexity index is 1410. The van der Waals surface area contributed by atoms with Crippen molar-refractivity contribution in [1.82, 2.24) is 0 Å². The summed E-state index contributed by atoms with van der Waals surface area (Å²) in [6.07, 6.45) is -3.65. The highest BCUT2D eigenvalue weighted by molar-refractivity contribution is 5.88. The van der Waals surface area contributed by atoms with Crippen molar-refractivity contribution in [3.05, 3.63) is 96.3 Å². The van der Waals surface area contributed by atoms with Crippen LogP contribution in [-0.2, 0) is 33.3 Å². The van der Waals surface area contributed by atoms with Crippen LogP contribution >= 0.6 is 0 Å². The molecule has 2 aromatic rings. The number of fused-ring (bicyclic) bond motifs is 1. The predicted molar refractivity (Wildman–Crippen MR) is 157 cm³/mol. The van der Waals surface area contributed by atoms with Gasteiger partial charge >= 0.3 is 11.9 Å². The Morgan fingerprint density at radius 1 is 0.889 bits per heavy atom. The summed E-state index contributed by atoms with van der Waals surface area (Å²) in [4.78, 5) is 25.9. The Morgan fingerprint density at radius 3 is 2.04 bits per heavy atom. The monoisotopic (exact) mass is 624 g/mol. The quantitative estimate of drug-likeness (QED) is 0.198. The maximum Gasteiger partial charge on any atom is 0.333 e. The van der Waals surface area contributed by atoms with Crippen LogP contribution in [0.15, 0.2) is 85.2 Å². The van der Waals surface area contributed by atoms with Crippen LogP contribution in [0.1, 0.15) is 24.5 Å². The summed E-state index contributed by atoms with van der Waals surface area (Å²) < 4.78 is 28.9. The van der Waals surface area contributed by atoms with Crippen molar-refractivity contribution in [2.24, 2.45) is 5.92 Å². The molecule has 2 aliphatic heterocycles. The molecule has 2 aromatic carbocycles. The van der Waals surface area contributed by atoms with Gasteiger partial charge in [-0.05, 0) is 41.7 Å². The predicted octanol–water partition coefficient (Wildman–Crippen LogP) is 1.06. The molecule has 12 heteroatoms. The second-order valence-electron chi connectivity index (χ2n) is 11.2. The number of ether oxygens (including phenoxy) is 5. The maximum absolute atomic E-state index is 13.0. The summed E-state index contributed by atoms with van der Waals surface area (Å²) in [5.74, 6) is -2.43. The van der Waals surface area contributed by atoms with E-state index in [2.05, 4.69) is 0 Å². The molecule has 5 rings (SSSR count). The fraction of sp³-hybridized carbons (Fsp3) is 0.394. The number of hydrogen-bond donors (Lipinski definition) is 5. The SMILES string of the molecule is C[C@@H]1C[C@@H](OC(=O)C=Cc2ccccc2)[C@]2(O)C=CO[C@@H](OC(=O)C=Cc3ccccc3)[C@]12O[C@@H]1O[C@H](CO)[C@@H](O)[C@H](O)[C@H]1O. The van der Waals surface area contributed by atoms with Crippen LogP contribution in [0, 0.1) is 5.92 Å². The minimum absolute atomic E-state index is 0.0134. The van der Waals surface area contributed by atoms with Crippen molar-refractivity contribution < 1.29 is 58.8 Å². The molecule has 3 aliphatic rings. The molecule has 0 radical (unpaired) electrons. The van der Waals surface area contributed by atoms with Crippen LogP contribution in [0.2, 0.25) is 0 Å². The van der Waals surface area contributed by atoms with Gasteiger partial charge in [0, 0.05) is 12.2 Å². The average molecular weight is 625 g/mol. The zero-order valence-electron chi connectivity index (χ0n) is 24.4. The molecule has 0 bridgehead atoms. The third kappa shape index (κ3) is 6.44. The molecule has 1 saturated carbocycles. The first kappa shape index (κ1) is 32.5. The molecule has 1 aliphatic carbocycles. The first-order chi connectivity index (χ1) is 21.6. The molecule has 240 valence electrons. The fourth-order valence-corrected chi connectivity index (χ4v) is 5.95.